The first-order valence-electron chi connectivity index (χ1n) is 10.8. The number of ether oxygens (including phenoxy) is 1. The van der Waals surface area contributed by atoms with Crippen LogP contribution in [0.4, 0.5) is 0 Å². The van der Waals surface area contributed by atoms with Crippen molar-refractivity contribution in [3.8, 4) is 17.1 Å². The van der Waals surface area contributed by atoms with Crippen LogP contribution in [0.2, 0.25) is 5.02 Å². The Bertz CT molecular complexity index is 1550. The maximum atomic E-state index is 13.4. The Morgan fingerprint density at radius 3 is 2.20 bits per heavy atom. The first-order valence-corrected chi connectivity index (χ1v) is 11.2. The predicted octanol–water partition coefficient (Wildman–Crippen LogP) is 5.01. The van der Waals surface area contributed by atoms with Crippen LogP contribution < -0.4 is 10.2 Å². The average Bonchev–Trinajstić information content (AvgIpc) is 3.11. The van der Waals surface area contributed by atoms with Crippen LogP contribution in [0.1, 0.15) is 33.2 Å². The number of amides is 2. The van der Waals surface area contributed by atoms with Crippen molar-refractivity contribution in [3.05, 3.63) is 98.7 Å². The molecule has 0 aliphatic carbocycles. The number of fused-ring (bicyclic) bond motifs is 2. The molecule has 0 fully saturated rings. The van der Waals surface area contributed by atoms with E-state index in [4.69, 9.17) is 20.8 Å². The fraction of sp³-hybridized carbons (Fsp3) is 0.111. The molecule has 8 heteroatoms. The summed E-state index contributed by atoms with van der Waals surface area (Å²) in [5.41, 5.74) is 1.58. The Balaban J connectivity index is 1.57. The summed E-state index contributed by atoms with van der Waals surface area (Å²) in [5, 5.41) is 0.439. The zero-order valence-corrected chi connectivity index (χ0v) is 19.5. The summed E-state index contributed by atoms with van der Waals surface area (Å²) in [5.74, 6) is -2.47. The summed E-state index contributed by atoms with van der Waals surface area (Å²) in [6, 6.07) is 16.7. The first kappa shape index (κ1) is 22.6. The summed E-state index contributed by atoms with van der Waals surface area (Å²) < 4.78 is 11.5. The zero-order valence-electron chi connectivity index (χ0n) is 18.7. The van der Waals surface area contributed by atoms with Gasteiger partial charge in [0, 0.05) is 10.6 Å². The van der Waals surface area contributed by atoms with Crippen molar-refractivity contribution in [1.29, 1.82) is 0 Å². The van der Waals surface area contributed by atoms with E-state index in [-0.39, 0.29) is 33.6 Å². The molecule has 0 saturated heterocycles. The number of imide groups is 1. The largest absolute Gasteiger partial charge is 0.452 e. The highest BCUT2D eigenvalue weighted by Gasteiger charge is 2.41. The first-order chi connectivity index (χ1) is 16.8. The van der Waals surface area contributed by atoms with Crippen LogP contribution in [-0.4, -0.2) is 28.7 Å². The molecule has 4 aromatic rings. The van der Waals surface area contributed by atoms with Gasteiger partial charge < -0.3 is 9.15 Å². The van der Waals surface area contributed by atoms with Crippen molar-refractivity contribution in [3.63, 3.8) is 0 Å². The van der Waals surface area contributed by atoms with E-state index in [0.29, 0.717) is 10.6 Å². The maximum absolute atomic E-state index is 13.4. The number of rotatable bonds is 4. The van der Waals surface area contributed by atoms with E-state index < -0.39 is 29.3 Å². The van der Waals surface area contributed by atoms with Gasteiger partial charge in [-0.25, -0.2) is 4.79 Å². The van der Waals surface area contributed by atoms with Gasteiger partial charge in [0.1, 0.15) is 11.6 Å². The van der Waals surface area contributed by atoms with Gasteiger partial charge in [0.15, 0.2) is 5.76 Å². The van der Waals surface area contributed by atoms with Crippen molar-refractivity contribution in [1.82, 2.24) is 4.90 Å². The van der Waals surface area contributed by atoms with Crippen LogP contribution in [0.25, 0.3) is 22.3 Å². The third kappa shape index (κ3) is 3.80. The molecule has 1 aliphatic rings. The van der Waals surface area contributed by atoms with Crippen molar-refractivity contribution >= 4 is 40.4 Å². The highest BCUT2D eigenvalue weighted by Crippen LogP contribution is 2.33. The number of carbonyl (C=O) groups excluding carboxylic acids is 3. The number of halogens is 1. The maximum Gasteiger partial charge on any atom is 0.334 e. The van der Waals surface area contributed by atoms with E-state index in [0.717, 1.165) is 10.5 Å². The summed E-state index contributed by atoms with van der Waals surface area (Å²) >= 11 is 6.07. The van der Waals surface area contributed by atoms with Crippen LogP contribution in [0.15, 0.2) is 75.9 Å². The van der Waals surface area contributed by atoms with Gasteiger partial charge in [0.2, 0.25) is 11.2 Å². The molecule has 7 nitrogen and oxygen atoms in total. The molecule has 0 saturated carbocycles. The second kappa shape index (κ2) is 8.52. The molecule has 1 atom stereocenters. The zero-order chi connectivity index (χ0) is 24.9. The van der Waals surface area contributed by atoms with Gasteiger partial charge in [-0.2, -0.15) is 0 Å². The Morgan fingerprint density at radius 1 is 0.943 bits per heavy atom. The number of benzene rings is 3. The second-order valence-electron chi connectivity index (χ2n) is 8.22. The molecule has 5 rings (SSSR count). The fourth-order valence-corrected chi connectivity index (χ4v) is 4.16. The molecule has 0 bridgehead atoms. The molecule has 2 heterocycles. The highest BCUT2D eigenvalue weighted by atomic mass is 35.5. The lowest BCUT2D eigenvalue weighted by Crippen LogP contribution is -2.45. The number of hydrogen-bond donors (Lipinski definition) is 0. The summed E-state index contributed by atoms with van der Waals surface area (Å²) in [4.78, 5) is 53.0. The summed E-state index contributed by atoms with van der Waals surface area (Å²) in [6.07, 6.45) is 0. The normalized spacial score (nSPS) is 13.7. The standard InChI is InChI=1S/C27H18ClNO6/c1-14-7-9-16(10-8-14)23-24(22(30)20-13-17(28)11-12-21(20)34-23)35-27(33)15(2)29-25(31)18-5-3-4-6-19(18)26(29)32/h3-13,15H,1-2H3/t15-/m0/s1. The number of esters is 1. The van der Waals surface area contributed by atoms with Gasteiger partial charge in [-0.15, -0.1) is 0 Å². The molecule has 1 aromatic heterocycles. The molecule has 1 aliphatic heterocycles. The lowest BCUT2D eigenvalue weighted by atomic mass is 10.1. The van der Waals surface area contributed by atoms with Gasteiger partial charge >= 0.3 is 5.97 Å². The molecular formula is C27H18ClNO6. The molecule has 3 aromatic carbocycles. The molecular weight excluding hydrogens is 470 g/mol. The van der Waals surface area contributed by atoms with E-state index in [9.17, 15) is 19.2 Å². The quantitative estimate of drug-likeness (QED) is 0.296. The second-order valence-corrected chi connectivity index (χ2v) is 8.66. The van der Waals surface area contributed by atoms with Crippen molar-refractivity contribution in [2.75, 3.05) is 0 Å². The minimum atomic E-state index is -1.29. The highest BCUT2D eigenvalue weighted by molar-refractivity contribution is 6.31. The third-order valence-corrected chi connectivity index (χ3v) is 6.12. The van der Waals surface area contributed by atoms with Crippen molar-refractivity contribution in [2.45, 2.75) is 19.9 Å². The van der Waals surface area contributed by atoms with E-state index >= 15 is 0 Å². The fourth-order valence-electron chi connectivity index (χ4n) is 3.99. The van der Waals surface area contributed by atoms with E-state index in [1.54, 1.807) is 36.4 Å². The topological polar surface area (TPSA) is 93.9 Å². The van der Waals surface area contributed by atoms with Crippen LogP contribution in [-0.2, 0) is 4.79 Å². The van der Waals surface area contributed by atoms with Crippen molar-refractivity contribution in [2.24, 2.45) is 0 Å². The SMILES string of the molecule is Cc1ccc(-c2oc3ccc(Cl)cc3c(=O)c2OC(=O)[C@H](C)N2C(=O)c3ccccc3C2=O)cc1. The van der Waals surface area contributed by atoms with Gasteiger partial charge in [-0.3, -0.25) is 19.3 Å². The van der Waals surface area contributed by atoms with Gasteiger partial charge in [-0.05, 0) is 44.2 Å². The Labute approximate surface area is 204 Å². The summed E-state index contributed by atoms with van der Waals surface area (Å²) in [6.45, 7) is 3.28. The number of hydrogen-bond acceptors (Lipinski definition) is 6. The minimum absolute atomic E-state index is 0.0488. The smallest absolute Gasteiger partial charge is 0.334 e. The average molecular weight is 488 g/mol. The van der Waals surface area contributed by atoms with E-state index in [1.807, 2.05) is 19.1 Å². The Kier molecular flexibility index (Phi) is 5.49. The molecule has 35 heavy (non-hydrogen) atoms. The van der Waals surface area contributed by atoms with E-state index in [2.05, 4.69) is 0 Å². The van der Waals surface area contributed by atoms with E-state index in [1.165, 1.54) is 25.1 Å². The van der Waals surface area contributed by atoms with Gasteiger partial charge in [-0.1, -0.05) is 53.6 Å². The van der Waals surface area contributed by atoms with Crippen LogP contribution >= 0.6 is 11.6 Å². The third-order valence-electron chi connectivity index (χ3n) is 5.88. The number of aryl methyl sites for hydroxylation is 1. The lowest BCUT2D eigenvalue weighted by molar-refractivity contribution is -0.138. The molecule has 0 radical (unpaired) electrons. The molecule has 174 valence electrons. The van der Waals surface area contributed by atoms with Crippen LogP contribution in [0.3, 0.4) is 0 Å². The minimum Gasteiger partial charge on any atom is -0.452 e. The van der Waals surface area contributed by atoms with Gasteiger partial charge in [0.25, 0.3) is 11.8 Å². The Morgan fingerprint density at radius 2 is 1.57 bits per heavy atom. The Hall–Kier alpha value is -4.23. The van der Waals surface area contributed by atoms with Crippen LogP contribution in [0.5, 0.6) is 5.75 Å². The number of nitrogens with zero attached hydrogens (tertiary/aromatic N) is 1. The molecule has 0 unspecified atom stereocenters. The van der Waals surface area contributed by atoms with Gasteiger partial charge in [0.05, 0.1) is 16.5 Å². The molecule has 2 amide bonds. The van der Waals surface area contributed by atoms with Crippen LogP contribution in [0, 0.1) is 6.92 Å². The molecule has 0 spiro atoms. The summed E-state index contributed by atoms with van der Waals surface area (Å²) in [7, 11) is 0. The predicted molar refractivity (Wildman–Crippen MR) is 130 cm³/mol. The van der Waals surface area contributed by atoms with Crippen molar-refractivity contribution < 1.29 is 23.5 Å². The number of carbonyl (C=O) groups is 3. The molecule has 0 N–H and O–H groups in total. The monoisotopic (exact) mass is 487 g/mol. The lowest BCUT2D eigenvalue weighted by Gasteiger charge is -2.21.